The first-order valence-electron chi connectivity index (χ1n) is 6.15. The number of nitrogens with two attached hydrogens (primary N) is 1. The fraction of sp³-hybridized carbons (Fsp3) is 0.538. The number of hydrogen-bond donors (Lipinski definition) is 2. The largest absolute Gasteiger partial charge is 0.496 e. The Kier molecular flexibility index (Phi) is 6.25. The van der Waals surface area contributed by atoms with Crippen LogP contribution in [0, 0.1) is 0 Å². The first-order valence-corrected chi connectivity index (χ1v) is 6.15. The average Bonchev–Trinajstić information content (AvgIpc) is 2.37. The molecule has 0 bridgehead atoms. The molecule has 3 N–H and O–H groups in total. The number of hydrogen-bond acceptors (Lipinski definition) is 4. The number of aliphatic hydroxyl groups excluding tert-OH is 1. The van der Waals surface area contributed by atoms with E-state index in [2.05, 4.69) is 0 Å². The van der Waals surface area contributed by atoms with Crippen LogP contribution in [0.4, 0.5) is 13.2 Å². The second-order valence-electron chi connectivity index (χ2n) is 4.40. The van der Waals surface area contributed by atoms with Crippen LogP contribution >= 0.6 is 0 Å². The van der Waals surface area contributed by atoms with Gasteiger partial charge in [0, 0.05) is 25.2 Å². The van der Waals surface area contributed by atoms with E-state index in [4.69, 9.17) is 15.6 Å². The molecule has 0 aliphatic rings. The molecule has 0 saturated carbocycles. The zero-order valence-electron chi connectivity index (χ0n) is 11.3. The minimum absolute atomic E-state index is 0.0412. The van der Waals surface area contributed by atoms with Crippen LogP contribution in [0.3, 0.4) is 0 Å². The van der Waals surface area contributed by atoms with Crippen LogP contribution in [-0.2, 0) is 13.1 Å². The molecule has 0 radical (unpaired) electrons. The van der Waals surface area contributed by atoms with E-state index < -0.39 is 12.7 Å². The molecule has 0 spiro atoms. The first kappa shape index (κ1) is 16.7. The van der Waals surface area contributed by atoms with Gasteiger partial charge in [-0.15, -0.1) is 0 Å². The quantitative estimate of drug-likeness (QED) is 0.800. The molecule has 0 heterocycles. The summed E-state index contributed by atoms with van der Waals surface area (Å²) in [6.45, 7) is -1.04. The van der Waals surface area contributed by atoms with Gasteiger partial charge in [0.2, 0.25) is 0 Å². The van der Waals surface area contributed by atoms with Gasteiger partial charge in [0.05, 0.1) is 20.3 Å². The summed E-state index contributed by atoms with van der Waals surface area (Å²) in [6, 6.07) is 5.12. The molecule has 0 aliphatic heterocycles. The van der Waals surface area contributed by atoms with Gasteiger partial charge in [-0.2, -0.15) is 13.2 Å². The van der Waals surface area contributed by atoms with Gasteiger partial charge in [-0.05, 0) is 11.6 Å². The monoisotopic (exact) mass is 292 g/mol. The van der Waals surface area contributed by atoms with Gasteiger partial charge in [0.15, 0.2) is 0 Å². The fourth-order valence-corrected chi connectivity index (χ4v) is 1.92. The van der Waals surface area contributed by atoms with Crippen molar-refractivity contribution in [1.82, 2.24) is 4.90 Å². The summed E-state index contributed by atoms with van der Waals surface area (Å²) in [5.74, 6) is 0.556. The molecule has 0 amide bonds. The summed E-state index contributed by atoms with van der Waals surface area (Å²) in [5, 5.41) is 8.84. The second-order valence-corrected chi connectivity index (χ2v) is 4.40. The zero-order chi connectivity index (χ0) is 15.2. The number of halogens is 3. The SMILES string of the molecule is COc1cc(CN(CCO)CC(F)(F)F)ccc1CN. The number of aliphatic hydroxyl groups is 1. The van der Waals surface area contributed by atoms with Gasteiger partial charge in [0.1, 0.15) is 5.75 Å². The lowest BCUT2D eigenvalue weighted by Crippen LogP contribution is -2.35. The number of nitrogens with zero attached hydrogens (tertiary/aromatic N) is 1. The summed E-state index contributed by atoms with van der Waals surface area (Å²) >= 11 is 0. The van der Waals surface area contributed by atoms with Gasteiger partial charge in [-0.1, -0.05) is 12.1 Å². The van der Waals surface area contributed by atoms with Gasteiger partial charge in [-0.3, -0.25) is 4.90 Å². The van der Waals surface area contributed by atoms with Crippen LogP contribution < -0.4 is 10.5 Å². The van der Waals surface area contributed by atoms with E-state index in [-0.39, 0.29) is 19.7 Å². The van der Waals surface area contributed by atoms with E-state index in [1.54, 1.807) is 18.2 Å². The second kappa shape index (κ2) is 7.47. The van der Waals surface area contributed by atoms with Gasteiger partial charge in [0.25, 0.3) is 0 Å². The van der Waals surface area contributed by atoms with Crippen molar-refractivity contribution < 1.29 is 23.0 Å². The van der Waals surface area contributed by atoms with Crippen LogP contribution in [0.25, 0.3) is 0 Å². The smallest absolute Gasteiger partial charge is 0.401 e. The number of methoxy groups -OCH3 is 1. The highest BCUT2D eigenvalue weighted by Crippen LogP contribution is 2.22. The van der Waals surface area contributed by atoms with Crippen LogP contribution in [-0.4, -0.2) is 43.0 Å². The van der Waals surface area contributed by atoms with Crippen molar-refractivity contribution in [1.29, 1.82) is 0 Å². The molecule has 1 aromatic carbocycles. The molecule has 0 saturated heterocycles. The molecule has 0 atom stereocenters. The highest BCUT2D eigenvalue weighted by Gasteiger charge is 2.30. The Labute approximate surface area is 115 Å². The highest BCUT2D eigenvalue weighted by molar-refractivity contribution is 5.37. The summed E-state index contributed by atoms with van der Waals surface area (Å²) in [7, 11) is 1.49. The molecule has 0 fully saturated rings. The van der Waals surface area contributed by atoms with Crippen molar-refractivity contribution in [2.24, 2.45) is 5.73 Å². The Morgan fingerprint density at radius 2 is 2.05 bits per heavy atom. The summed E-state index contributed by atoms with van der Waals surface area (Å²) < 4.78 is 42.4. The number of ether oxygens (including phenoxy) is 1. The number of benzene rings is 1. The van der Waals surface area contributed by atoms with E-state index in [0.29, 0.717) is 17.9 Å². The molecule has 0 aromatic heterocycles. The molecule has 0 unspecified atom stereocenters. The predicted molar refractivity (Wildman–Crippen MR) is 69.3 cm³/mol. The first-order chi connectivity index (χ1) is 9.39. The predicted octanol–water partition coefficient (Wildman–Crippen LogP) is 1.51. The Bertz CT molecular complexity index is 425. The van der Waals surface area contributed by atoms with Crippen LogP contribution in [0.1, 0.15) is 11.1 Å². The van der Waals surface area contributed by atoms with Crippen LogP contribution in [0.5, 0.6) is 5.75 Å². The minimum Gasteiger partial charge on any atom is -0.496 e. The molecular weight excluding hydrogens is 273 g/mol. The van der Waals surface area contributed by atoms with Crippen molar-refractivity contribution in [3.8, 4) is 5.75 Å². The molecular formula is C13H19F3N2O2. The van der Waals surface area contributed by atoms with Crippen molar-refractivity contribution in [3.63, 3.8) is 0 Å². The Morgan fingerprint density at radius 1 is 1.35 bits per heavy atom. The Hall–Kier alpha value is -1.31. The third-order valence-corrected chi connectivity index (χ3v) is 2.80. The van der Waals surface area contributed by atoms with Crippen molar-refractivity contribution in [2.45, 2.75) is 19.3 Å². The molecule has 0 aliphatic carbocycles. The van der Waals surface area contributed by atoms with Crippen molar-refractivity contribution in [2.75, 3.05) is 26.8 Å². The fourth-order valence-electron chi connectivity index (χ4n) is 1.92. The minimum atomic E-state index is -4.30. The topological polar surface area (TPSA) is 58.7 Å². The normalized spacial score (nSPS) is 11.9. The molecule has 1 rings (SSSR count). The number of alkyl halides is 3. The van der Waals surface area contributed by atoms with E-state index in [1.165, 1.54) is 7.11 Å². The lowest BCUT2D eigenvalue weighted by molar-refractivity contribution is -0.147. The van der Waals surface area contributed by atoms with E-state index in [0.717, 1.165) is 10.5 Å². The van der Waals surface area contributed by atoms with Crippen molar-refractivity contribution >= 4 is 0 Å². The molecule has 114 valence electrons. The van der Waals surface area contributed by atoms with Gasteiger partial charge < -0.3 is 15.6 Å². The third kappa shape index (κ3) is 5.36. The summed E-state index contributed by atoms with van der Waals surface area (Å²) in [4.78, 5) is 1.14. The Balaban J connectivity index is 2.82. The lowest BCUT2D eigenvalue weighted by atomic mass is 10.1. The van der Waals surface area contributed by atoms with Gasteiger partial charge in [-0.25, -0.2) is 0 Å². The van der Waals surface area contributed by atoms with Gasteiger partial charge >= 0.3 is 6.18 Å². The molecule has 1 aromatic rings. The van der Waals surface area contributed by atoms with Crippen LogP contribution in [0.15, 0.2) is 18.2 Å². The standard InChI is InChI=1S/C13H19F3N2O2/c1-20-12-6-10(2-3-11(12)7-17)8-18(4-5-19)9-13(14,15)16/h2-3,6,19H,4-5,7-9,17H2,1H3. The summed E-state index contributed by atoms with van der Waals surface area (Å²) in [5.41, 5.74) is 7.01. The zero-order valence-corrected chi connectivity index (χ0v) is 11.3. The summed E-state index contributed by atoms with van der Waals surface area (Å²) in [6.07, 6.45) is -4.30. The highest BCUT2D eigenvalue weighted by atomic mass is 19.4. The molecule has 7 heteroatoms. The lowest BCUT2D eigenvalue weighted by Gasteiger charge is -2.23. The third-order valence-electron chi connectivity index (χ3n) is 2.80. The van der Waals surface area contributed by atoms with Crippen LogP contribution in [0.2, 0.25) is 0 Å². The molecule has 20 heavy (non-hydrogen) atoms. The van der Waals surface area contributed by atoms with E-state index >= 15 is 0 Å². The maximum absolute atomic E-state index is 12.4. The van der Waals surface area contributed by atoms with Crippen molar-refractivity contribution in [3.05, 3.63) is 29.3 Å². The number of rotatable bonds is 7. The maximum atomic E-state index is 12.4. The molecule has 4 nitrogen and oxygen atoms in total. The maximum Gasteiger partial charge on any atom is 0.401 e. The van der Waals surface area contributed by atoms with E-state index in [1.807, 2.05) is 0 Å². The Morgan fingerprint density at radius 3 is 2.55 bits per heavy atom. The average molecular weight is 292 g/mol. The van der Waals surface area contributed by atoms with E-state index in [9.17, 15) is 13.2 Å².